The normalized spacial score (nSPS) is 11.0. The summed E-state index contributed by atoms with van der Waals surface area (Å²) in [7, 11) is 5.81. The summed E-state index contributed by atoms with van der Waals surface area (Å²) in [5.41, 5.74) is 3.95. The Morgan fingerprint density at radius 1 is 0.929 bits per heavy atom. The van der Waals surface area contributed by atoms with Gasteiger partial charge < -0.3 is 9.80 Å². The summed E-state index contributed by atoms with van der Waals surface area (Å²) in [5.74, 6) is 0.0249. The average Bonchev–Trinajstić information content (AvgIpc) is 2.97. The maximum Gasteiger partial charge on any atom is 0.329 e. The van der Waals surface area contributed by atoms with Crippen LogP contribution < -0.4 is 10.6 Å². The number of para-hydroxylation sites is 2. The number of aromatic nitrogens is 2. The number of hydrogen-bond donors (Lipinski definition) is 0. The fourth-order valence-electron chi connectivity index (χ4n) is 3.45. The summed E-state index contributed by atoms with van der Waals surface area (Å²) < 4.78 is 3.45. The summed E-state index contributed by atoms with van der Waals surface area (Å²) in [6, 6.07) is 15.9. The highest BCUT2D eigenvalue weighted by atomic mass is 16.2. The number of fused-ring (bicyclic) bond motifs is 1. The lowest BCUT2D eigenvalue weighted by molar-refractivity contribution is -0.130. The lowest BCUT2D eigenvalue weighted by atomic mass is 10.2. The number of amides is 1. The van der Waals surface area contributed by atoms with Crippen molar-refractivity contribution in [3.63, 3.8) is 0 Å². The molecule has 0 saturated heterocycles. The monoisotopic (exact) mass is 380 g/mol. The van der Waals surface area contributed by atoms with E-state index in [1.807, 2.05) is 74.4 Å². The van der Waals surface area contributed by atoms with Crippen molar-refractivity contribution < 1.29 is 4.79 Å². The third-order valence-corrected chi connectivity index (χ3v) is 5.09. The van der Waals surface area contributed by atoms with Gasteiger partial charge in [-0.3, -0.25) is 13.9 Å². The highest BCUT2D eigenvalue weighted by Gasteiger charge is 2.15. The number of hydrogen-bond acceptors (Lipinski definition) is 3. The Balaban J connectivity index is 1.68. The van der Waals surface area contributed by atoms with Gasteiger partial charge in [0.25, 0.3) is 0 Å². The molecule has 1 aromatic heterocycles. The standard InChI is InChI=1S/C22H28N4O2/c1-5-25-19-8-6-7-9-20(19)26(22(25)28)15-14-21(27)24(4)16-17-10-12-18(13-11-17)23(2)3/h6-13H,5,14-16H2,1-4H3. The van der Waals surface area contributed by atoms with Crippen LogP contribution in [-0.4, -0.2) is 41.1 Å². The molecule has 0 N–H and O–H groups in total. The maximum atomic E-state index is 12.7. The molecule has 3 rings (SSSR count). The first-order valence-electron chi connectivity index (χ1n) is 9.60. The molecule has 0 aliphatic carbocycles. The van der Waals surface area contributed by atoms with E-state index >= 15 is 0 Å². The van der Waals surface area contributed by atoms with E-state index in [9.17, 15) is 9.59 Å². The van der Waals surface area contributed by atoms with Crippen molar-refractivity contribution in [3.05, 3.63) is 64.6 Å². The highest BCUT2D eigenvalue weighted by molar-refractivity contribution is 5.78. The first-order valence-corrected chi connectivity index (χ1v) is 9.60. The van der Waals surface area contributed by atoms with Crippen LogP contribution in [0.15, 0.2) is 53.3 Å². The van der Waals surface area contributed by atoms with E-state index < -0.39 is 0 Å². The molecular weight excluding hydrogens is 352 g/mol. The van der Waals surface area contributed by atoms with Crippen LogP contribution in [-0.2, 0) is 24.4 Å². The Bertz CT molecular complexity index is 1020. The molecule has 0 spiro atoms. The lowest BCUT2D eigenvalue weighted by Crippen LogP contribution is -2.29. The van der Waals surface area contributed by atoms with Crippen LogP contribution in [0.4, 0.5) is 5.69 Å². The number of carbonyl (C=O) groups is 1. The van der Waals surface area contributed by atoms with Crippen LogP contribution in [0.25, 0.3) is 11.0 Å². The predicted octanol–water partition coefficient (Wildman–Crippen LogP) is 2.94. The van der Waals surface area contributed by atoms with E-state index in [4.69, 9.17) is 0 Å². The zero-order valence-corrected chi connectivity index (χ0v) is 17.1. The van der Waals surface area contributed by atoms with Crippen molar-refractivity contribution in [2.45, 2.75) is 33.0 Å². The molecular formula is C22H28N4O2. The Hall–Kier alpha value is -3.02. The smallest absolute Gasteiger partial charge is 0.329 e. The molecule has 0 saturated carbocycles. The van der Waals surface area contributed by atoms with Gasteiger partial charge in [0.2, 0.25) is 5.91 Å². The van der Waals surface area contributed by atoms with E-state index in [1.165, 1.54) is 0 Å². The number of aryl methyl sites for hydroxylation is 2. The molecule has 0 aliphatic rings. The largest absolute Gasteiger partial charge is 0.378 e. The van der Waals surface area contributed by atoms with Gasteiger partial charge in [0, 0.05) is 52.9 Å². The van der Waals surface area contributed by atoms with E-state index in [0.29, 0.717) is 26.1 Å². The first-order chi connectivity index (χ1) is 13.4. The fraction of sp³-hybridized carbons (Fsp3) is 0.364. The van der Waals surface area contributed by atoms with Crippen molar-refractivity contribution in [1.82, 2.24) is 14.0 Å². The van der Waals surface area contributed by atoms with Gasteiger partial charge in [-0.1, -0.05) is 24.3 Å². The Kier molecular flexibility index (Phi) is 5.87. The Morgan fingerprint density at radius 2 is 1.54 bits per heavy atom. The van der Waals surface area contributed by atoms with E-state index in [2.05, 4.69) is 0 Å². The number of imidazole rings is 1. The quantitative estimate of drug-likeness (QED) is 0.633. The van der Waals surface area contributed by atoms with Crippen LogP contribution in [0.2, 0.25) is 0 Å². The number of rotatable bonds is 7. The molecule has 28 heavy (non-hydrogen) atoms. The zero-order valence-electron chi connectivity index (χ0n) is 17.1. The van der Waals surface area contributed by atoms with Gasteiger partial charge in [0.1, 0.15) is 0 Å². The van der Waals surface area contributed by atoms with Crippen molar-refractivity contribution in [2.75, 3.05) is 26.0 Å². The lowest BCUT2D eigenvalue weighted by Gasteiger charge is -2.18. The summed E-state index contributed by atoms with van der Waals surface area (Å²) in [4.78, 5) is 29.1. The summed E-state index contributed by atoms with van der Waals surface area (Å²) in [6.07, 6.45) is 0.296. The van der Waals surface area contributed by atoms with Crippen molar-refractivity contribution in [2.24, 2.45) is 0 Å². The molecule has 6 heteroatoms. The van der Waals surface area contributed by atoms with Crippen LogP contribution in [0.3, 0.4) is 0 Å². The topological polar surface area (TPSA) is 50.5 Å². The molecule has 1 amide bonds. The summed E-state index contributed by atoms with van der Waals surface area (Å²) >= 11 is 0. The van der Waals surface area contributed by atoms with E-state index in [0.717, 1.165) is 22.3 Å². The van der Waals surface area contributed by atoms with Gasteiger partial charge in [0.15, 0.2) is 0 Å². The van der Waals surface area contributed by atoms with E-state index in [-0.39, 0.29) is 11.6 Å². The van der Waals surface area contributed by atoms with Crippen LogP contribution >= 0.6 is 0 Å². The van der Waals surface area contributed by atoms with Gasteiger partial charge in [0.05, 0.1) is 11.0 Å². The molecule has 1 heterocycles. The number of carbonyl (C=O) groups excluding carboxylic acids is 1. The minimum Gasteiger partial charge on any atom is -0.378 e. The molecule has 3 aromatic rings. The Morgan fingerprint density at radius 3 is 2.11 bits per heavy atom. The first kappa shape index (κ1) is 19.7. The molecule has 148 valence electrons. The molecule has 0 aliphatic heterocycles. The molecule has 0 radical (unpaired) electrons. The molecule has 0 unspecified atom stereocenters. The third-order valence-electron chi connectivity index (χ3n) is 5.09. The van der Waals surface area contributed by atoms with Gasteiger partial charge in [-0.25, -0.2) is 4.79 Å². The highest BCUT2D eigenvalue weighted by Crippen LogP contribution is 2.15. The second-order valence-corrected chi connectivity index (χ2v) is 7.23. The number of benzene rings is 2. The number of nitrogens with zero attached hydrogens (tertiary/aromatic N) is 4. The average molecular weight is 380 g/mol. The second-order valence-electron chi connectivity index (χ2n) is 7.23. The maximum absolute atomic E-state index is 12.7. The van der Waals surface area contributed by atoms with Crippen molar-refractivity contribution in [3.8, 4) is 0 Å². The second kappa shape index (κ2) is 8.33. The minimum atomic E-state index is -0.0570. The molecule has 2 aromatic carbocycles. The van der Waals surface area contributed by atoms with Crippen LogP contribution in [0.5, 0.6) is 0 Å². The van der Waals surface area contributed by atoms with Gasteiger partial charge >= 0.3 is 5.69 Å². The fourth-order valence-corrected chi connectivity index (χ4v) is 3.45. The Labute approximate surface area is 165 Å². The number of anilines is 1. The predicted molar refractivity (Wildman–Crippen MR) is 114 cm³/mol. The molecule has 0 fully saturated rings. The van der Waals surface area contributed by atoms with Gasteiger partial charge in [-0.2, -0.15) is 0 Å². The van der Waals surface area contributed by atoms with Gasteiger partial charge in [-0.15, -0.1) is 0 Å². The SMILES string of the molecule is CCn1c(=O)n(CCC(=O)N(C)Cc2ccc(N(C)C)cc2)c2ccccc21. The van der Waals surface area contributed by atoms with Crippen LogP contribution in [0.1, 0.15) is 18.9 Å². The molecule has 0 atom stereocenters. The molecule has 6 nitrogen and oxygen atoms in total. The summed E-state index contributed by atoms with van der Waals surface area (Å²) in [6.45, 7) is 3.51. The minimum absolute atomic E-state index is 0.0249. The van der Waals surface area contributed by atoms with Crippen molar-refractivity contribution >= 4 is 22.6 Å². The third kappa shape index (κ3) is 3.96. The molecule has 0 bridgehead atoms. The van der Waals surface area contributed by atoms with Crippen LogP contribution in [0, 0.1) is 0 Å². The van der Waals surface area contributed by atoms with E-state index in [1.54, 1.807) is 21.1 Å². The summed E-state index contributed by atoms with van der Waals surface area (Å²) in [5, 5.41) is 0. The van der Waals surface area contributed by atoms with Gasteiger partial charge in [-0.05, 0) is 36.8 Å². The zero-order chi connectivity index (χ0) is 20.3. The van der Waals surface area contributed by atoms with Crippen molar-refractivity contribution in [1.29, 1.82) is 0 Å².